The van der Waals surface area contributed by atoms with E-state index in [2.05, 4.69) is 0 Å². The molecule has 0 bridgehead atoms. The van der Waals surface area contributed by atoms with E-state index in [-0.39, 0.29) is 17.5 Å². The molecule has 7 nitrogen and oxygen atoms in total. The summed E-state index contributed by atoms with van der Waals surface area (Å²) in [6.45, 7) is 4.15. The van der Waals surface area contributed by atoms with Crippen molar-refractivity contribution in [2.24, 2.45) is 0 Å². The molecule has 0 radical (unpaired) electrons. The number of nitrogens with zero attached hydrogens (tertiary/aromatic N) is 4. The van der Waals surface area contributed by atoms with E-state index in [4.69, 9.17) is 21.4 Å². The third kappa shape index (κ3) is 4.43. The van der Waals surface area contributed by atoms with Gasteiger partial charge in [0.15, 0.2) is 0 Å². The maximum absolute atomic E-state index is 13.1. The van der Waals surface area contributed by atoms with Crippen LogP contribution in [0.3, 0.4) is 0 Å². The fourth-order valence-corrected chi connectivity index (χ4v) is 4.45. The van der Waals surface area contributed by atoms with Gasteiger partial charge < -0.3 is 9.64 Å². The zero-order valence-corrected chi connectivity index (χ0v) is 19.1. The predicted molar refractivity (Wildman–Crippen MR) is 124 cm³/mol. The zero-order chi connectivity index (χ0) is 22.7. The van der Waals surface area contributed by atoms with Crippen LogP contribution in [0.15, 0.2) is 53.3 Å². The summed E-state index contributed by atoms with van der Waals surface area (Å²) in [7, 11) is 1.54. The van der Waals surface area contributed by atoms with Gasteiger partial charge in [-0.25, -0.2) is 9.48 Å². The van der Waals surface area contributed by atoms with E-state index in [0.29, 0.717) is 42.5 Å². The number of aromatic nitrogens is 3. The van der Waals surface area contributed by atoms with Crippen molar-refractivity contribution in [2.45, 2.75) is 38.8 Å². The minimum atomic E-state index is -0.0923. The summed E-state index contributed by atoms with van der Waals surface area (Å²) in [5, 5.41) is 5.19. The van der Waals surface area contributed by atoms with E-state index >= 15 is 0 Å². The molecular formula is C24H27ClN4O3. The fraction of sp³-hybridized carbons (Fsp3) is 0.375. The first-order valence-electron chi connectivity index (χ1n) is 10.9. The summed E-state index contributed by atoms with van der Waals surface area (Å²) in [6.07, 6.45) is 1.49. The number of methoxy groups -OCH3 is 1. The van der Waals surface area contributed by atoms with Crippen molar-refractivity contribution in [1.82, 2.24) is 19.2 Å². The second-order valence-electron chi connectivity index (χ2n) is 7.94. The van der Waals surface area contributed by atoms with E-state index < -0.39 is 0 Å². The Morgan fingerprint density at radius 1 is 1.16 bits per heavy atom. The van der Waals surface area contributed by atoms with E-state index in [1.165, 1.54) is 0 Å². The molecule has 0 atom stereocenters. The van der Waals surface area contributed by atoms with Crippen molar-refractivity contribution in [1.29, 1.82) is 0 Å². The van der Waals surface area contributed by atoms with Crippen LogP contribution >= 0.6 is 11.6 Å². The van der Waals surface area contributed by atoms with E-state index in [0.717, 1.165) is 24.2 Å². The first-order chi connectivity index (χ1) is 15.5. The molecule has 0 spiro atoms. The van der Waals surface area contributed by atoms with Crippen molar-refractivity contribution in [2.75, 3.05) is 20.2 Å². The Hall–Kier alpha value is -3.06. The van der Waals surface area contributed by atoms with Crippen LogP contribution in [-0.4, -0.2) is 45.4 Å². The van der Waals surface area contributed by atoms with E-state index in [1.54, 1.807) is 34.6 Å². The molecule has 1 saturated heterocycles. The number of hydrogen-bond acceptors (Lipinski definition) is 4. The molecule has 0 aliphatic carbocycles. The number of piperidine rings is 1. The number of hydrogen-bond donors (Lipinski definition) is 0. The maximum Gasteiger partial charge on any atom is 0.346 e. The molecule has 168 valence electrons. The normalized spacial score (nSPS) is 14.5. The molecule has 1 aliphatic rings. The standard InChI is InChI=1S/C24H27ClN4O3/c1-3-28-22(26-29(24(28)31)16-17-7-5-4-6-8-17)18-11-13-27(14-12-18)23(30)20-15-19(25)9-10-21(20)32-2/h4-10,15,18H,3,11-14,16H2,1-2H3. The van der Waals surface area contributed by atoms with Gasteiger partial charge in [0.25, 0.3) is 5.91 Å². The van der Waals surface area contributed by atoms with Gasteiger partial charge in [-0.05, 0) is 43.5 Å². The number of carbonyl (C=O) groups is 1. The van der Waals surface area contributed by atoms with Gasteiger partial charge in [0, 0.05) is 30.6 Å². The molecule has 2 heterocycles. The minimum Gasteiger partial charge on any atom is -0.496 e. The highest BCUT2D eigenvalue weighted by molar-refractivity contribution is 6.31. The summed E-state index contributed by atoms with van der Waals surface area (Å²) in [5.74, 6) is 1.36. The molecule has 1 aromatic heterocycles. The summed E-state index contributed by atoms with van der Waals surface area (Å²) in [5.41, 5.74) is 1.42. The molecule has 0 N–H and O–H groups in total. The van der Waals surface area contributed by atoms with Gasteiger partial charge in [0.1, 0.15) is 11.6 Å². The molecule has 8 heteroatoms. The Balaban J connectivity index is 1.50. The maximum atomic E-state index is 13.1. The second kappa shape index (κ2) is 9.61. The quantitative estimate of drug-likeness (QED) is 0.568. The lowest BCUT2D eigenvalue weighted by molar-refractivity contribution is 0.0706. The summed E-state index contributed by atoms with van der Waals surface area (Å²) >= 11 is 6.10. The molecule has 3 aromatic rings. The van der Waals surface area contributed by atoms with Crippen LogP contribution in [0.4, 0.5) is 0 Å². The van der Waals surface area contributed by atoms with Gasteiger partial charge in [-0.3, -0.25) is 9.36 Å². The summed E-state index contributed by atoms with van der Waals surface area (Å²) < 4.78 is 8.64. The average molecular weight is 455 g/mol. The van der Waals surface area contributed by atoms with Gasteiger partial charge in [0.05, 0.1) is 19.2 Å². The molecule has 4 rings (SSSR count). The predicted octanol–water partition coefficient (Wildman–Crippen LogP) is 3.79. The lowest BCUT2D eigenvalue weighted by Crippen LogP contribution is -2.38. The highest BCUT2D eigenvalue weighted by atomic mass is 35.5. The monoisotopic (exact) mass is 454 g/mol. The van der Waals surface area contributed by atoms with Crippen LogP contribution in [0.2, 0.25) is 5.02 Å². The van der Waals surface area contributed by atoms with Gasteiger partial charge >= 0.3 is 5.69 Å². The van der Waals surface area contributed by atoms with Crippen molar-refractivity contribution >= 4 is 17.5 Å². The van der Waals surface area contributed by atoms with Crippen LogP contribution in [0.1, 0.15) is 47.4 Å². The van der Waals surface area contributed by atoms with Crippen LogP contribution in [0, 0.1) is 0 Å². The molecule has 1 fully saturated rings. The number of halogens is 1. The lowest BCUT2D eigenvalue weighted by atomic mass is 9.95. The average Bonchev–Trinajstić information content (AvgIpc) is 3.14. The van der Waals surface area contributed by atoms with Gasteiger partial charge in [0.2, 0.25) is 0 Å². The molecular weight excluding hydrogens is 428 g/mol. The van der Waals surface area contributed by atoms with E-state index in [1.807, 2.05) is 42.2 Å². The fourth-order valence-electron chi connectivity index (χ4n) is 4.27. The Morgan fingerprint density at radius 3 is 2.53 bits per heavy atom. The molecule has 1 aliphatic heterocycles. The smallest absolute Gasteiger partial charge is 0.346 e. The van der Waals surface area contributed by atoms with Gasteiger partial charge in [-0.1, -0.05) is 41.9 Å². The molecule has 2 aromatic carbocycles. The number of ether oxygens (including phenoxy) is 1. The number of amides is 1. The van der Waals surface area contributed by atoms with Crippen LogP contribution < -0.4 is 10.4 Å². The molecule has 1 amide bonds. The highest BCUT2D eigenvalue weighted by Gasteiger charge is 2.29. The van der Waals surface area contributed by atoms with Gasteiger partial charge in [-0.2, -0.15) is 5.10 Å². The van der Waals surface area contributed by atoms with E-state index in [9.17, 15) is 9.59 Å². The number of likely N-dealkylation sites (tertiary alicyclic amines) is 1. The topological polar surface area (TPSA) is 69.4 Å². The van der Waals surface area contributed by atoms with Crippen molar-refractivity contribution < 1.29 is 9.53 Å². The van der Waals surface area contributed by atoms with Crippen molar-refractivity contribution in [3.8, 4) is 5.75 Å². The van der Waals surface area contributed by atoms with Crippen LogP contribution in [-0.2, 0) is 13.1 Å². The molecule has 0 unspecified atom stereocenters. The second-order valence-corrected chi connectivity index (χ2v) is 8.38. The number of benzene rings is 2. The number of rotatable bonds is 6. The Bertz CT molecular complexity index is 1150. The molecule has 32 heavy (non-hydrogen) atoms. The summed E-state index contributed by atoms with van der Waals surface area (Å²) in [6, 6.07) is 14.9. The first kappa shape index (κ1) is 22.1. The highest BCUT2D eigenvalue weighted by Crippen LogP contribution is 2.29. The van der Waals surface area contributed by atoms with Crippen molar-refractivity contribution in [3.63, 3.8) is 0 Å². The third-order valence-corrected chi connectivity index (χ3v) is 6.22. The van der Waals surface area contributed by atoms with Crippen LogP contribution in [0.5, 0.6) is 5.75 Å². The summed E-state index contributed by atoms with van der Waals surface area (Å²) in [4.78, 5) is 27.8. The SMILES string of the molecule is CCn1c(C2CCN(C(=O)c3cc(Cl)ccc3OC)CC2)nn(Cc2ccccc2)c1=O. The Kier molecular flexibility index (Phi) is 6.65. The first-order valence-corrected chi connectivity index (χ1v) is 11.2. The Morgan fingerprint density at radius 2 is 1.88 bits per heavy atom. The lowest BCUT2D eigenvalue weighted by Gasteiger charge is -2.32. The molecule has 0 saturated carbocycles. The minimum absolute atomic E-state index is 0.0893. The number of carbonyl (C=O) groups excluding carboxylic acids is 1. The van der Waals surface area contributed by atoms with Gasteiger partial charge in [-0.15, -0.1) is 0 Å². The van der Waals surface area contributed by atoms with Crippen LogP contribution in [0.25, 0.3) is 0 Å². The zero-order valence-electron chi connectivity index (χ0n) is 18.3. The third-order valence-electron chi connectivity index (χ3n) is 5.98. The van der Waals surface area contributed by atoms with Crippen molar-refractivity contribution in [3.05, 3.63) is 81.0 Å². The largest absolute Gasteiger partial charge is 0.496 e. The Labute approximate surface area is 192 Å².